The van der Waals surface area contributed by atoms with Gasteiger partial charge in [-0.2, -0.15) is 0 Å². The molecule has 0 aliphatic heterocycles. The lowest BCUT2D eigenvalue weighted by atomic mass is 10.1. The molecule has 2 N–H and O–H groups in total. The number of ether oxygens (including phenoxy) is 1. The van der Waals surface area contributed by atoms with Crippen LogP contribution < -0.4 is 15.4 Å². The van der Waals surface area contributed by atoms with Gasteiger partial charge in [-0.05, 0) is 49.0 Å². The van der Waals surface area contributed by atoms with Crippen molar-refractivity contribution in [1.82, 2.24) is 5.32 Å². The fourth-order valence-electron chi connectivity index (χ4n) is 1.89. The van der Waals surface area contributed by atoms with Gasteiger partial charge in [0.2, 0.25) is 0 Å². The normalized spacial score (nSPS) is 11.6. The van der Waals surface area contributed by atoms with Gasteiger partial charge in [-0.15, -0.1) is 0 Å². The van der Waals surface area contributed by atoms with Crippen LogP contribution in [0.4, 0.5) is 5.69 Å². The van der Waals surface area contributed by atoms with Gasteiger partial charge >= 0.3 is 0 Å². The molecule has 0 heterocycles. The van der Waals surface area contributed by atoms with Crippen molar-refractivity contribution in [3.63, 3.8) is 0 Å². The van der Waals surface area contributed by atoms with E-state index in [4.69, 9.17) is 28.6 Å². The zero-order valence-electron chi connectivity index (χ0n) is 11.9. The average molecular weight is 321 g/mol. The Labute approximate surface area is 135 Å². The zero-order valence-corrected chi connectivity index (χ0v) is 13.5. The van der Waals surface area contributed by atoms with Crippen LogP contribution in [-0.4, -0.2) is 12.2 Å². The third kappa shape index (κ3) is 4.34. The Morgan fingerprint density at radius 3 is 2.43 bits per heavy atom. The minimum atomic E-state index is 0.0818. The zero-order chi connectivity index (χ0) is 15.2. The molecule has 0 aliphatic rings. The van der Waals surface area contributed by atoms with E-state index in [-0.39, 0.29) is 6.04 Å². The van der Waals surface area contributed by atoms with Crippen molar-refractivity contribution in [3.05, 3.63) is 59.1 Å². The molecule has 0 radical (unpaired) electrons. The second-order valence-electron chi connectivity index (χ2n) is 4.57. The Kier molecular flexibility index (Phi) is 5.42. The minimum absolute atomic E-state index is 0.0818. The summed E-state index contributed by atoms with van der Waals surface area (Å²) in [5.74, 6) is 0.836. The summed E-state index contributed by atoms with van der Waals surface area (Å²) in [6.07, 6.45) is 0. The molecule has 0 aromatic heterocycles. The number of thiocarbonyl (C=S) groups is 1. The molecule has 2 aromatic rings. The summed E-state index contributed by atoms with van der Waals surface area (Å²) in [4.78, 5) is 0. The Morgan fingerprint density at radius 2 is 1.81 bits per heavy atom. The van der Waals surface area contributed by atoms with Gasteiger partial charge in [-0.1, -0.05) is 35.9 Å². The largest absolute Gasteiger partial charge is 0.497 e. The number of para-hydroxylation sites is 1. The van der Waals surface area contributed by atoms with Gasteiger partial charge < -0.3 is 15.4 Å². The predicted octanol–water partition coefficient (Wildman–Crippen LogP) is 4.40. The highest BCUT2D eigenvalue weighted by atomic mass is 35.5. The lowest BCUT2D eigenvalue weighted by Crippen LogP contribution is -2.30. The highest BCUT2D eigenvalue weighted by Crippen LogP contribution is 2.21. The molecule has 110 valence electrons. The molecule has 1 unspecified atom stereocenters. The number of halogens is 1. The van der Waals surface area contributed by atoms with Gasteiger partial charge in [0.15, 0.2) is 5.11 Å². The SMILES string of the molecule is COc1ccc(C(C)NC(=S)Nc2ccccc2Cl)cc1. The maximum absolute atomic E-state index is 6.09. The van der Waals surface area contributed by atoms with E-state index in [0.717, 1.165) is 17.0 Å². The number of anilines is 1. The molecule has 0 fully saturated rings. The molecule has 2 aromatic carbocycles. The molecule has 1 atom stereocenters. The first-order chi connectivity index (χ1) is 10.1. The first kappa shape index (κ1) is 15.6. The van der Waals surface area contributed by atoms with Crippen molar-refractivity contribution in [1.29, 1.82) is 0 Å². The maximum atomic E-state index is 6.09. The fraction of sp³-hybridized carbons (Fsp3) is 0.188. The molecule has 0 saturated heterocycles. The number of hydrogen-bond donors (Lipinski definition) is 2. The molecular formula is C16H17ClN2OS. The van der Waals surface area contributed by atoms with Crippen LogP contribution in [0.2, 0.25) is 5.02 Å². The number of benzene rings is 2. The summed E-state index contributed by atoms with van der Waals surface area (Å²) in [6.45, 7) is 2.04. The third-order valence-corrected chi connectivity index (χ3v) is 3.63. The van der Waals surface area contributed by atoms with Crippen molar-refractivity contribution in [2.24, 2.45) is 0 Å². The van der Waals surface area contributed by atoms with E-state index in [1.54, 1.807) is 7.11 Å². The number of methoxy groups -OCH3 is 1. The molecule has 2 rings (SSSR count). The Morgan fingerprint density at radius 1 is 1.14 bits per heavy atom. The topological polar surface area (TPSA) is 33.3 Å². The van der Waals surface area contributed by atoms with Crippen molar-refractivity contribution < 1.29 is 4.74 Å². The van der Waals surface area contributed by atoms with Crippen LogP contribution in [0.25, 0.3) is 0 Å². The second kappa shape index (κ2) is 7.29. The minimum Gasteiger partial charge on any atom is -0.497 e. The van der Waals surface area contributed by atoms with E-state index in [1.807, 2.05) is 55.5 Å². The van der Waals surface area contributed by atoms with Gasteiger partial charge in [0.05, 0.1) is 23.9 Å². The van der Waals surface area contributed by atoms with Crippen molar-refractivity contribution >= 4 is 34.6 Å². The summed E-state index contributed by atoms with van der Waals surface area (Å²) in [7, 11) is 1.65. The number of nitrogens with one attached hydrogen (secondary N) is 2. The molecule has 5 heteroatoms. The fourth-order valence-corrected chi connectivity index (χ4v) is 2.36. The smallest absolute Gasteiger partial charge is 0.171 e. The van der Waals surface area contributed by atoms with Gasteiger partial charge in [0.1, 0.15) is 5.75 Å². The summed E-state index contributed by atoms with van der Waals surface area (Å²) < 4.78 is 5.15. The Balaban J connectivity index is 1.97. The van der Waals surface area contributed by atoms with Crippen LogP contribution in [0.3, 0.4) is 0 Å². The molecule has 3 nitrogen and oxygen atoms in total. The first-order valence-electron chi connectivity index (χ1n) is 6.56. The second-order valence-corrected chi connectivity index (χ2v) is 5.39. The van der Waals surface area contributed by atoms with E-state index < -0.39 is 0 Å². The van der Waals surface area contributed by atoms with Crippen molar-refractivity contribution in [3.8, 4) is 5.75 Å². The molecule has 0 aliphatic carbocycles. The summed E-state index contributed by atoms with van der Waals surface area (Å²) in [5.41, 5.74) is 1.91. The van der Waals surface area contributed by atoms with E-state index in [0.29, 0.717) is 10.1 Å². The van der Waals surface area contributed by atoms with Crippen LogP contribution in [-0.2, 0) is 0 Å². The van der Waals surface area contributed by atoms with Crippen LogP contribution in [0.5, 0.6) is 5.75 Å². The quantitative estimate of drug-likeness (QED) is 0.818. The third-order valence-electron chi connectivity index (χ3n) is 3.09. The lowest BCUT2D eigenvalue weighted by molar-refractivity contribution is 0.414. The molecule has 0 spiro atoms. The molecule has 0 amide bonds. The summed E-state index contributed by atoms with van der Waals surface area (Å²) in [5, 5.41) is 7.50. The molecular weight excluding hydrogens is 304 g/mol. The van der Waals surface area contributed by atoms with Gasteiger partial charge in [0, 0.05) is 0 Å². The first-order valence-corrected chi connectivity index (χ1v) is 7.35. The van der Waals surface area contributed by atoms with Crippen molar-refractivity contribution in [2.45, 2.75) is 13.0 Å². The van der Waals surface area contributed by atoms with Crippen LogP contribution in [0, 0.1) is 0 Å². The van der Waals surface area contributed by atoms with E-state index >= 15 is 0 Å². The monoisotopic (exact) mass is 320 g/mol. The standard InChI is InChI=1S/C16H17ClN2OS/c1-11(12-7-9-13(20-2)10-8-12)18-16(21)19-15-6-4-3-5-14(15)17/h3-11H,1-2H3,(H2,18,19,21). The van der Waals surface area contributed by atoms with Gasteiger partial charge in [-0.25, -0.2) is 0 Å². The summed E-state index contributed by atoms with van der Waals surface area (Å²) >= 11 is 11.4. The van der Waals surface area contributed by atoms with Crippen LogP contribution in [0.15, 0.2) is 48.5 Å². The molecule has 21 heavy (non-hydrogen) atoms. The molecule has 0 bridgehead atoms. The van der Waals surface area contributed by atoms with Crippen LogP contribution in [0.1, 0.15) is 18.5 Å². The highest BCUT2D eigenvalue weighted by molar-refractivity contribution is 7.80. The summed E-state index contributed by atoms with van der Waals surface area (Å²) in [6, 6.07) is 15.4. The number of hydrogen-bond acceptors (Lipinski definition) is 2. The molecule has 0 saturated carbocycles. The predicted molar refractivity (Wildman–Crippen MR) is 92.2 cm³/mol. The highest BCUT2D eigenvalue weighted by Gasteiger charge is 2.08. The van der Waals surface area contributed by atoms with Gasteiger partial charge in [0.25, 0.3) is 0 Å². The van der Waals surface area contributed by atoms with Gasteiger partial charge in [-0.3, -0.25) is 0 Å². The van der Waals surface area contributed by atoms with Crippen molar-refractivity contribution in [2.75, 3.05) is 12.4 Å². The van der Waals surface area contributed by atoms with E-state index in [1.165, 1.54) is 0 Å². The Bertz CT molecular complexity index is 616. The average Bonchev–Trinajstić information content (AvgIpc) is 2.49. The van der Waals surface area contributed by atoms with E-state index in [2.05, 4.69) is 10.6 Å². The lowest BCUT2D eigenvalue weighted by Gasteiger charge is -2.18. The van der Waals surface area contributed by atoms with E-state index in [9.17, 15) is 0 Å². The van der Waals surface area contributed by atoms with Crippen LogP contribution >= 0.6 is 23.8 Å². The Hall–Kier alpha value is -1.78. The maximum Gasteiger partial charge on any atom is 0.171 e. The number of rotatable bonds is 4.